The number of nitrogens with zero attached hydrogens (tertiary/aromatic N) is 2. The van der Waals surface area contributed by atoms with Crippen LogP contribution in [-0.4, -0.2) is 52.5 Å². The fraction of sp³-hybridized carbons (Fsp3) is 0.450. The zero-order chi connectivity index (χ0) is 18.5. The van der Waals surface area contributed by atoms with Crippen LogP contribution in [0.3, 0.4) is 0 Å². The summed E-state index contributed by atoms with van der Waals surface area (Å²) in [5, 5.41) is 14.1. The molecule has 1 aliphatic rings. The van der Waals surface area contributed by atoms with Crippen molar-refractivity contribution < 1.29 is 14.7 Å². The van der Waals surface area contributed by atoms with Gasteiger partial charge in [0.05, 0.1) is 11.6 Å². The summed E-state index contributed by atoms with van der Waals surface area (Å²) in [6, 6.07) is 12.0. The number of rotatable bonds is 6. The van der Waals surface area contributed by atoms with E-state index in [2.05, 4.69) is 10.3 Å². The summed E-state index contributed by atoms with van der Waals surface area (Å²) in [5.41, 5.74) is 1.89. The molecule has 2 atom stereocenters. The van der Waals surface area contributed by atoms with Gasteiger partial charge in [-0.05, 0) is 25.0 Å². The standard InChI is InChI=1S/C20H25N3O3/c1-14(24)21-10-4-7-20(26)23-12-16(19(25)13-23)11-17-9-8-15-5-2-3-6-18(15)22-17/h2-3,5-6,8-9,16,19,25H,4,7,10-13H2,1H3,(H,21,24)/t16-,19-/m1/s1. The first-order valence-electron chi connectivity index (χ1n) is 9.08. The van der Waals surface area contributed by atoms with E-state index < -0.39 is 6.10 Å². The van der Waals surface area contributed by atoms with Crippen LogP contribution in [0.5, 0.6) is 0 Å². The quantitative estimate of drug-likeness (QED) is 0.770. The second-order valence-electron chi connectivity index (χ2n) is 6.91. The van der Waals surface area contributed by atoms with Crippen molar-refractivity contribution in [3.63, 3.8) is 0 Å². The Morgan fingerprint density at radius 3 is 2.85 bits per heavy atom. The van der Waals surface area contributed by atoms with E-state index in [9.17, 15) is 14.7 Å². The Morgan fingerprint density at radius 1 is 1.23 bits per heavy atom. The molecule has 1 saturated heterocycles. The Morgan fingerprint density at radius 2 is 2.04 bits per heavy atom. The van der Waals surface area contributed by atoms with Gasteiger partial charge in [-0.3, -0.25) is 14.6 Å². The smallest absolute Gasteiger partial charge is 0.222 e. The topological polar surface area (TPSA) is 82.5 Å². The number of nitrogens with one attached hydrogen (secondary N) is 1. The predicted octanol–water partition coefficient (Wildman–Crippen LogP) is 1.51. The van der Waals surface area contributed by atoms with Crippen LogP contribution in [0.2, 0.25) is 0 Å². The van der Waals surface area contributed by atoms with E-state index in [0.717, 1.165) is 16.6 Å². The van der Waals surface area contributed by atoms with Crippen molar-refractivity contribution in [2.45, 2.75) is 32.3 Å². The van der Waals surface area contributed by atoms with Crippen molar-refractivity contribution in [1.82, 2.24) is 15.2 Å². The lowest BCUT2D eigenvalue weighted by molar-refractivity contribution is -0.130. The summed E-state index contributed by atoms with van der Waals surface area (Å²) in [6.07, 6.45) is 1.12. The zero-order valence-electron chi connectivity index (χ0n) is 15.0. The van der Waals surface area contributed by atoms with Crippen LogP contribution in [0.25, 0.3) is 10.9 Å². The third-order valence-corrected chi connectivity index (χ3v) is 4.83. The molecule has 1 aromatic carbocycles. The van der Waals surface area contributed by atoms with Gasteiger partial charge in [-0.25, -0.2) is 0 Å². The summed E-state index contributed by atoms with van der Waals surface area (Å²) in [4.78, 5) is 29.5. The number of fused-ring (bicyclic) bond motifs is 1. The van der Waals surface area contributed by atoms with Gasteiger partial charge in [0, 0.05) is 50.0 Å². The van der Waals surface area contributed by atoms with Gasteiger partial charge in [0.2, 0.25) is 11.8 Å². The minimum atomic E-state index is -0.525. The van der Waals surface area contributed by atoms with Gasteiger partial charge >= 0.3 is 0 Å². The van der Waals surface area contributed by atoms with E-state index in [0.29, 0.717) is 38.9 Å². The van der Waals surface area contributed by atoms with E-state index >= 15 is 0 Å². The molecule has 2 heterocycles. The molecule has 1 fully saturated rings. The highest BCUT2D eigenvalue weighted by Gasteiger charge is 2.33. The molecule has 2 amide bonds. The van der Waals surface area contributed by atoms with Gasteiger partial charge in [0.15, 0.2) is 0 Å². The molecule has 0 spiro atoms. The summed E-state index contributed by atoms with van der Waals surface area (Å²) >= 11 is 0. The first-order chi connectivity index (χ1) is 12.5. The molecule has 1 aliphatic heterocycles. The van der Waals surface area contributed by atoms with Crippen LogP contribution in [0.4, 0.5) is 0 Å². The van der Waals surface area contributed by atoms with Crippen LogP contribution >= 0.6 is 0 Å². The molecular formula is C20H25N3O3. The van der Waals surface area contributed by atoms with E-state index in [-0.39, 0.29) is 17.7 Å². The lowest BCUT2D eigenvalue weighted by Gasteiger charge is -2.16. The number of likely N-dealkylation sites (tertiary alicyclic amines) is 1. The third-order valence-electron chi connectivity index (χ3n) is 4.83. The van der Waals surface area contributed by atoms with E-state index in [1.807, 2.05) is 36.4 Å². The summed E-state index contributed by atoms with van der Waals surface area (Å²) < 4.78 is 0. The Labute approximate surface area is 153 Å². The number of benzene rings is 1. The maximum absolute atomic E-state index is 12.3. The van der Waals surface area contributed by atoms with Crippen molar-refractivity contribution in [2.24, 2.45) is 5.92 Å². The van der Waals surface area contributed by atoms with Crippen LogP contribution in [0.15, 0.2) is 36.4 Å². The summed E-state index contributed by atoms with van der Waals surface area (Å²) in [7, 11) is 0. The van der Waals surface area contributed by atoms with Crippen LogP contribution in [0, 0.1) is 5.92 Å². The second-order valence-corrected chi connectivity index (χ2v) is 6.91. The van der Waals surface area contributed by atoms with Gasteiger partial charge < -0.3 is 15.3 Å². The van der Waals surface area contributed by atoms with Gasteiger partial charge in [-0.15, -0.1) is 0 Å². The number of amides is 2. The average Bonchev–Trinajstić information content (AvgIpc) is 2.99. The normalized spacial score (nSPS) is 19.7. The Balaban J connectivity index is 1.54. The predicted molar refractivity (Wildman–Crippen MR) is 99.4 cm³/mol. The lowest BCUT2D eigenvalue weighted by Crippen LogP contribution is -2.30. The molecule has 3 rings (SSSR count). The first kappa shape index (κ1) is 18.3. The monoisotopic (exact) mass is 355 g/mol. The Hall–Kier alpha value is -2.47. The van der Waals surface area contributed by atoms with Gasteiger partial charge in [0.25, 0.3) is 0 Å². The minimum Gasteiger partial charge on any atom is -0.391 e. The van der Waals surface area contributed by atoms with Crippen LogP contribution in [-0.2, 0) is 16.0 Å². The molecule has 0 aliphatic carbocycles. The molecule has 0 unspecified atom stereocenters. The number of aliphatic hydroxyl groups is 1. The number of carbonyl (C=O) groups is 2. The highest BCUT2D eigenvalue weighted by Crippen LogP contribution is 2.23. The number of hydrogen-bond donors (Lipinski definition) is 2. The van der Waals surface area contributed by atoms with Crippen molar-refractivity contribution >= 4 is 22.7 Å². The average molecular weight is 355 g/mol. The van der Waals surface area contributed by atoms with Crippen molar-refractivity contribution in [1.29, 1.82) is 0 Å². The Kier molecular flexibility index (Phi) is 5.83. The van der Waals surface area contributed by atoms with E-state index in [1.165, 1.54) is 6.92 Å². The number of aliphatic hydroxyl groups excluding tert-OH is 1. The largest absolute Gasteiger partial charge is 0.391 e. The van der Waals surface area contributed by atoms with Crippen molar-refractivity contribution in [3.8, 4) is 0 Å². The third kappa shape index (κ3) is 4.58. The van der Waals surface area contributed by atoms with E-state index in [4.69, 9.17) is 0 Å². The molecule has 0 saturated carbocycles. The van der Waals surface area contributed by atoms with Crippen molar-refractivity contribution in [3.05, 3.63) is 42.1 Å². The van der Waals surface area contributed by atoms with Crippen LogP contribution < -0.4 is 5.32 Å². The van der Waals surface area contributed by atoms with Crippen LogP contribution in [0.1, 0.15) is 25.5 Å². The number of β-amino-alcohol motifs (C(OH)–C–C–N with tert-alkyl or cyclic N) is 1. The van der Waals surface area contributed by atoms with E-state index in [1.54, 1.807) is 4.90 Å². The minimum absolute atomic E-state index is 0.00274. The molecule has 2 N–H and O–H groups in total. The number of para-hydroxylation sites is 1. The molecular weight excluding hydrogens is 330 g/mol. The summed E-state index contributed by atoms with van der Waals surface area (Å²) in [6.45, 7) is 2.89. The molecule has 1 aromatic heterocycles. The van der Waals surface area contributed by atoms with Crippen molar-refractivity contribution in [2.75, 3.05) is 19.6 Å². The number of hydrogen-bond acceptors (Lipinski definition) is 4. The molecule has 6 heteroatoms. The first-order valence-corrected chi connectivity index (χ1v) is 9.08. The molecule has 0 radical (unpaired) electrons. The lowest BCUT2D eigenvalue weighted by atomic mass is 9.99. The molecule has 0 bridgehead atoms. The van der Waals surface area contributed by atoms with Gasteiger partial charge in [-0.2, -0.15) is 0 Å². The molecule has 6 nitrogen and oxygen atoms in total. The zero-order valence-corrected chi connectivity index (χ0v) is 15.0. The highest BCUT2D eigenvalue weighted by molar-refractivity contribution is 5.78. The Bertz CT molecular complexity index is 793. The number of carbonyl (C=O) groups excluding carboxylic acids is 2. The summed E-state index contributed by atoms with van der Waals surface area (Å²) in [5.74, 6) is -0.0525. The fourth-order valence-electron chi connectivity index (χ4n) is 3.41. The fourth-order valence-corrected chi connectivity index (χ4v) is 3.41. The molecule has 26 heavy (non-hydrogen) atoms. The second kappa shape index (κ2) is 8.27. The van der Waals surface area contributed by atoms with Gasteiger partial charge in [-0.1, -0.05) is 24.3 Å². The number of aromatic nitrogens is 1. The maximum Gasteiger partial charge on any atom is 0.222 e. The molecule has 2 aromatic rings. The SMILES string of the molecule is CC(=O)NCCCC(=O)N1C[C@@H](Cc2ccc3ccccc3n2)[C@H](O)C1. The number of pyridine rings is 1. The maximum atomic E-state index is 12.3. The molecule has 138 valence electrons. The van der Waals surface area contributed by atoms with Gasteiger partial charge in [0.1, 0.15) is 0 Å². The highest BCUT2D eigenvalue weighted by atomic mass is 16.3.